The number of rotatable bonds is 5. The van der Waals surface area contributed by atoms with Gasteiger partial charge in [0.25, 0.3) is 5.91 Å². The van der Waals surface area contributed by atoms with Crippen molar-refractivity contribution in [3.05, 3.63) is 58.9 Å². The van der Waals surface area contributed by atoms with Crippen molar-refractivity contribution in [2.75, 3.05) is 12.4 Å². The molecule has 1 fully saturated rings. The molecule has 0 atom stereocenters. The van der Waals surface area contributed by atoms with Crippen LogP contribution in [0.4, 0.5) is 10.1 Å². The molecule has 0 aromatic heterocycles. The second-order valence-corrected chi connectivity index (χ2v) is 9.35. The first-order chi connectivity index (χ1) is 13.3. The molecule has 1 N–H and O–H groups in total. The number of carbonyl (C=O) groups is 1. The average molecular weight is 425 g/mol. The summed E-state index contributed by atoms with van der Waals surface area (Å²) in [5.41, 5.74) is 0.185. The maximum absolute atomic E-state index is 13.8. The van der Waals surface area contributed by atoms with Crippen LogP contribution in [0.5, 0.6) is 0 Å². The van der Waals surface area contributed by atoms with Gasteiger partial charge >= 0.3 is 0 Å². The molecule has 0 spiro atoms. The van der Waals surface area contributed by atoms with Crippen molar-refractivity contribution >= 4 is 33.2 Å². The molecule has 3 rings (SSSR count). The molecular formula is C20H22ClFN2O3S. The van der Waals surface area contributed by atoms with Gasteiger partial charge in [-0.25, -0.2) is 12.8 Å². The molecule has 0 unspecified atom stereocenters. The van der Waals surface area contributed by atoms with Crippen molar-refractivity contribution in [3.8, 4) is 0 Å². The van der Waals surface area contributed by atoms with Crippen LogP contribution in [0.15, 0.2) is 47.4 Å². The lowest BCUT2D eigenvalue weighted by Gasteiger charge is -2.30. The summed E-state index contributed by atoms with van der Waals surface area (Å²) in [4.78, 5) is 12.4. The van der Waals surface area contributed by atoms with Crippen LogP contribution < -0.4 is 5.32 Å². The van der Waals surface area contributed by atoms with E-state index in [0.717, 1.165) is 38.2 Å². The fourth-order valence-electron chi connectivity index (χ4n) is 3.39. The Hall–Kier alpha value is -1.96. The zero-order chi connectivity index (χ0) is 20.3. The highest BCUT2D eigenvalue weighted by Crippen LogP contribution is 2.27. The number of benzene rings is 2. The van der Waals surface area contributed by atoms with E-state index in [1.165, 1.54) is 40.7 Å². The van der Waals surface area contributed by atoms with Crippen LogP contribution in [0.3, 0.4) is 0 Å². The topological polar surface area (TPSA) is 66.5 Å². The Morgan fingerprint density at radius 3 is 2.39 bits per heavy atom. The maximum atomic E-state index is 13.8. The van der Waals surface area contributed by atoms with E-state index in [4.69, 9.17) is 11.6 Å². The van der Waals surface area contributed by atoms with E-state index in [0.29, 0.717) is 5.69 Å². The summed E-state index contributed by atoms with van der Waals surface area (Å²) in [5, 5.41) is 2.80. The van der Waals surface area contributed by atoms with E-state index in [-0.39, 0.29) is 21.5 Å². The highest BCUT2D eigenvalue weighted by Gasteiger charge is 2.29. The third-order valence-corrected chi connectivity index (χ3v) is 7.21. The first-order valence-corrected chi connectivity index (χ1v) is 11.0. The van der Waals surface area contributed by atoms with Crippen LogP contribution in [0, 0.1) is 5.82 Å². The third kappa shape index (κ3) is 4.54. The predicted molar refractivity (Wildman–Crippen MR) is 108 cm³/mol. The molecule has 28 heavy (non-hydrogen) atoms. The molecule has 0 radical (unpaired) electrons. The van der Waals surface area contributed by atoms with Gasteiger partial charge in [-0.05, 0) is 55.3 Å². The SMILES string of the molecule is CN(C1CCCCC1)S(=O)(=O)c1ccc(NC(=O)c2cc(Cl)ccc2F)cc1. The lowest BCUT2D eigenvalue weighted by Crippen LogP contribution is -2.38. The van der Waals surface area contributed by atoms with Gasteiger partial charge in [-0.1, -0.05) is 30.9 Å². The number of halogens is 2. The predicted octanol–water partition coefficient (Wildman–Crippen LogP) is 4.68. The number of amides is 1. The third-order valence-electron chi connectivity index (χ3n) is 5.05. The zero-order valence-electron chi connectivity index (χ0n) is 15.5. The normalized spacial score (nSPS) is 15.6. The molecule has 1 aliphatic rings. The molecule has 1 saturated carbocycles. The van der Waals surface area contributed by atoms with Crippen LogP contribution in [-0.2, 0) is 10.0 Å². The van der Waals surface area contributed by atoms with Crippen LogP contribution in [0.2, 0.25) is 5.02 Å². The number of sulfonamides is 1. The molecule has 0 bridgehead atoms. The summed E-state index contributed by atoms with van der Waals surface area (Å²) in [6, 6.07) is 9.60. The van der Waals surface area contributed by atoms with Gasteiger partial charge in [-0.2, -0.15) is 4.31 Å². The fraction of sp³-hybridized carbons (Fsp3) is 0.350. The molecule has 0 aliphatic heterocycles. The van der Waals surface area contributed by atoms with Gasteiger partial charge in [0.05, 0.1) is 10.5 Å². The van der Waals surface area contributed by atoms with E-state index in [1.54, 1.807) is 7.05 Å². The number of hydrogen-bond donors (Lipinski definition) is 1. The number of nitrogens with one attached hydrogen (secondary N) is 1. The van der Waals surface area contributed by atoms with Crippen LogP contribution in [0.1, 0.15) is 42.5 Å². The van der Waals surface area contributed by atoms with Crippen molar-refractivity contribution in [2.24, 2.45) is 0 Å². The molecular weight excluding hydrogens is 403 g/mol. The standard InChI is InChI=1S/C20H22ClFN2O3S/c1-24(16-5-3-2-4-6-16)28(26,27)17-10-8-15(9-11-17)23-20(25)18-13-14(21)7-12-19(18)22/h7-13,16H,2-6H2,1H3,(H,23,25). The van der Waals surface area contributed by atoms with E-state index < -0.39 is 21.7 Å². The largest absolute Gasteiger partial charge is 0.322 e. The second kappa shape index (κ2) is 8.59. The van der Waals surface area contributed by atoms with Gasteiger partial charge in [0.1, 0.15) is 5.82 Å². The summed E-state index contributed by atoms with van der Waals surface area (Å²) < 4.78 is 40.9. The van der Waals surface area contributed by atoms with E-state index in [2.05, 4.69) is 5.32 Å². The fourth-order valence-corrected chi connectivity index (χ4v) is 4.98. The highest BCUT2D eigenvalue weighted by atomic mass is 35.5. The molecule has 8 heteroatoms. The molecule has 5 nitrogen and oxygen atoms in total. The summed E-state index contributed by atoms with van der Waals surface area (Å²) in [7, 11) is -1.99. The Morgan fingerprint density at radius 2 is 1.75 bits per heavy atom. The average Bonchev–Trinajstić information content (AvgIpc) is 2.70. The second-order valence-electron chi connectivity index (χ2n) is 6.92. The van der Waals surface area contributed by atoms with Gasteiger partial charge in [0, 0.05) is 23.8 Å². The smallest absolute Gasteiger partial charge is 0.258 e. The van der Waals surface area contributed by atoms with Gasteiger partial charge in [-0.3, -0.25) is 4.79 Å². The van der Waals surface area contributed by atoms with E-state index >= 15 is 0 Å². The lowest BCUT2D eigenvalue weighted by molar-refractivity contribution is 0.102. The summed E-state index contributed by atoms with van der Waals surface area (Å²) in [6.07, 6.45) is 4.96. The van der Waals surface area contributed by atoms with Gasteiger partial charge < -0.3 is 5.32 Å². The number of anilines is 1. The van der Waals surface area contributed by atoms with Crippen molar-refractivity contribution in [1.29, 1.82) is 0 Å². The Balaban J connectivity index is 1.73. The Labute approximate surface area is 169 Å². The first kappa shape index (κ1) is 20.8. The summed E-state index contributed by atoms with van der Waals surface area (Å²) >= 11 is 5.81. The maximum Gasteiger partial charge on any atom is 0.258 e. The van der Waals surface area contributed by atoms with E-state index in [9.17, 15) is 17.6 Å². The minimum atomic E-state index is -3.61. The highest BCUT2D eigenvalue weighted by molar-refractivity contribution is 7.89. The van der Waals surface area contributed by atoms with Gasteiger partial charge in [-0.15, -0.1) is 0 Å². The molecule has 150 valence electrons. The molecule has 2 aromatic rings. The molecule has 1 aliphatic carbocycles. The molecule has 2 aromatic carbocycles. The Morgan fingerprint density at radius 1 is 1.11 bits per heavy atom. The minimum Gasteiger partial charge on any atom is -0.322 e. The van der Waals surface area contributed by atoms with Crippen LogP contribution in [-0.4, -0.2) is 31.7 Å². The van der Waals surface area contributed by atoms with Gasteiger partial charge in [0.15, 0.2) is 0 Å². The quantitative estimate of drug-likeness (QED) is 0.757. The van der Waals surface area contributed by atoms with E-state index in [1.807, 2.05) is 0 Å². The van der Waals surface area contributed by atoms with Gasteiger partial charge in [0.2, 0.25) is 10.0 Å². The first-order valence-electron chi connectivity index (χ1n) is 9.13. The summed E-state index contributed by atoms with van der Waals surface area (Å²) in [5.74, 6) is -1.34. The Kier molecular flexibility index (Phi) is 6.37. The number of nitrogens with zero attached hydrogens (tertiary/aromatic N) is 1. The number of carbonyl (C=O) groups excluding carboxylic acids is 1. The summed E-state index contributed by atoms with van der Waals surface area (Å²) in [6.45, 7) is 0. The minimum absolute atomic E-state index is 0.0175. The number of hydrogen-bond acceptors (Lipinski definition) is 3. The van der Waals surface area contributed by atoms with Crippen molar-refractivity contribution < 1.29 is 17.6 Å². The van der Waals surface area contributed by atoms with Crippen LogP contribution >= 0.6 is 11.6 Å². The van der Waals surface area contributed by atoms with Crippen LogP contribution in [0.25, 0.3) is 0 Å². The molecule has 0 heterocycles. The molecule has 1 amide bonds. The molecule has 0 saturated heterocycles. The van der Waals surface area contributed by atoms with Crippen molar-refractivity contribution in [2.45, 2.75) is 43.0 Å². The lowest BCUT2D eigenvalue weighted by atomic mass is 9.96. The monoisotopic (exact) mass is 424 g/mol. The Bertz CT molecular complexity index is 958. The zero-order valence-corrected chi connectivity index (χ0v) is 17.1. The van der Waals surface area contributed by atoms with Crippen molar-refractivity contribution in [3.63, 3.8) is 0 Å². The van der Waals surface area contributed by atoms with Crippen molar-refractivity contribution in [1.82, 2.24) is 4.31 Å².